The first-order chi connectivity index (χ1) is 47.6. The number of nitrogens with one attached hydrogen (secondary N) is 2. The van der Waals surface area contributed by atoms with Crippen LogP contribution in [0.1, 0.15) is 180 Å². The molecule has 30 heteroatoms. The van der Waals surface area contributed by atoms with Crippen LogP contribution in [0.15, 0.2) is 93.6 Å². The molecule has 9 aromatic rings. The van der Waals surface area contributed by atoms with Crippen LogP contribution in [0.25, 0.3) is 43.4 Å². The van der Waals surface area contributed by atoms with Crippen LogP contribution in [-0.2, 0) is 25.6 Å². The number of benzene rings is 2. The number of aromatic nitrogens is 7. The van der Waals surface area contributed by atoms with Crippen molar-refractivity contribution < 1.29 is 58.8 Å². The highest BCUT2D eigenvalue weighted by Crippen LogP contribution is 2.44. The van der Waals surface area contributed by atoms with Crippen LogP contribution in [0.3, 0.4) is 0 Å². The third-order valence-electron chi connectivity index (χ3n) is 18.2. The molecule has 5 amide bonds. The van der Waals surface area contributed by atoms with E-state index in [2.05, 4.69) is 10.6 Å². The number of carboxylic acids is 2. The van der Waals surface area contributed by atoms with Crippen molar-refractivity contribution in [2.24, 2.45) is 17.6 Å². The van der Waals surface area contributed by atoms with E-state index >= 15 is 4.79 Å². The number of fused-ring (bicyclic) bond motifs is 16. The van der Waals surface area contributed by atoms with E-state index < -0.39 is 95.9 Å². The zero-order chi connectivity index (χ0) is 69.8. The van der Waals surface area contributed by atoms with Gasteiger partial charge in [-0.3, -0.25) is 38.4 Å². The SMILES string of the molecule is Cc1ccc(C[C@@H]2NC(=O)c3csc(n3)[C@H]([C@H](O)c3ccccc3)CC(=O)c3nc(sc3C)[C@H](CC(N)=O)NC(=O)c3csc(n3)-c3ccc(-c4nc(C(=O)N(CCCCCCC(=O)O)C5CCC(C(=O)O)CC5)cs4)nc3-c3csc(n3)-c3csc(n3)[C@@H]3[C@@H](C)[C@@H](O)CN3C2=O)cc1. The van der Waals surface area contributed by atoms with E-state index in [1.54, 1.807) is 75.3 Å². The summed E-state index contributed by atoms with van der Waals surface area (Å²) in [4.78, 5) is 148. The summed E-state index contributed by atoms with van der Waals surface area (Å²) in [5, 5.41) is 59.1. The van der Waals surface area contributed by atoms with Gasteiger partial charge in [0.2, 0.25) is 11.8 Å². The third kappa shape index (κ3) is 16.0. The number of pyridine rings is 1. The molecule has 0 spiro atoms. The molecule has 2 aliphatic heterocycles. The van der Waals surface area contributed by atoms with Crippen molar-refractivity contribution in [2.75, 3.05) is 13.1 Å². The smallest absolute Gasteiger partial charge is 0.306 e. The van der Waals surface area contributed by atoms with Crippen molar-refractivity contribution in [2.45, 2.75) is 140 Å². The summed E-state index contributed by atoms with van der Waals surface area (Å²) in [5.41, 5.74) is 10.2. The monoisotopic (exact) mass is 1450 g/mol. The van der Waals surface area contributed by atoms with Gasteiger partial charge >= 0.3 is 11.9 Å². The van der Waals surface area contributed by atoms with Gasteiger partial charge in [0.1, 0.15) is 70.9 Å². The minimum atomic E-state index is -1.30. The van der Waals surface area contributed by atoms with Gasteiger partial charge in [-0.1, -0.05) is 79.9 Å². The van der Waals surface area contributed by atoms with Crippen molar-refractivity contribution in [3.8, 4) is 43.4 Å². The molecule has 1 saturated heterocycles. The Balaban J connectivity index is 0.921. The number of amides is 5. The zero-order valence-corrected chi connectivity index (χ0v) is 58.8. The van der Waals surface area contributed by atoms with Gasteiger partial charge < -0.3 is 46.6 Å². The lowest BCUT2D eigenvalue weighted by molar-refractivity contribution is -0.143. The van der Waals surface area contributed by atoms with E-state index in [9.17, 15) is 54.0 Å². The molecule has 0 radical (unpaired) electrons. The largest absolute Gasteiger partial charge is 0.481 e. The molecule has 1 saturated carbocycles. The number of aryl methyl sites for hydroxylation is 2. The molecule has 3 aliphatic rings. The predicted octanol–water partition coefficient (Wildman–Crippen LogP) is 10.9. The van der Waals surface area contributed by atoms with E-state index in [0.29, 0.717) is 117 Å². The van der Waals surface area contributed by atoms with Gasteiger partial charge in [-0.15, -0.1) is 68.0 Å². The van der Waals surface area contributed by atoms with E-state index in [0.717, 1.165) is 45.1 Å². The summed E-state index contributed by atoms with van der Waals surface area (Å²) in [6.45, 7) is 5.77. The second-order valence-electron chi connectivity index (χ2n) is 25.1. The lowest BCUT2D eigenvalue weighted by Gasteiger charge is -2.36. The number of unbranched alkanes of at least 4 members (excludes halogenated alkanes) is 3. The number of nitrogens with two attached hydrogens (primary N) is 1. The summed E-state index contributed by atoms with van der Waals surface area (Å²) in [5.74, 6) is -7.17. The number of aliphatic hydroxyl groups is 2. The maximum Gasteiger partial charge on any atom is 0.306 e. The fourth-order valence-corrected chi connectivity index (χ4v) is 18.2. The molecule has 99 heavy (non-hydrogen) atoms. The van der Waals surface area contributed by atoms with Crippen LogP contribution < -0.4 is 16.4 Å². The molecule has 12 rings (SSSR count). The van der Waals surface area contributed by atoms with Gasteiger partial charge in [0.15, 0.2) is 5.78 Å². The van der Waals surface area contributed by atoms with Crippen molar-refractivity contribution in [3.63, 3.8) is 0 Å². The number of carboxylic acid groups (broad SMARTS) is 2. The summed E-state index contributed by atoms with van der Waals surface area (Å²) < 4.78 is 0. The van der Waals surface area contributed by atoms with Gasteiger partial charge in [0, 0.05) is 87.6 Å². The third-order valence-corrected chi connectivity index (χ3v) is 23.8. The first kappa shape index (κ1) is 70.1. The minimum absolute atomic E-state index is 0.0237. The lowest BCUT2D eigenvalue weighted by Crippen LogP contribution is -2.50. The highest BCUT2D eigenvalue weighted by molar-refractivity contribution is 7.15. The average Bonchev–Trinajstić information content (AvgIpc) is 1.65. The summed E-state index contributed by atoms with van der Waals surface area (Å²) >= 11 is 7.07. The topological polar surface area (TPSA) is 364 Å². The number of hydrogen-bond donors (Lipinski definition) is 7. The lowest BCUT2D eigenvalue weighted by atomic mass is 9.85. The highest BCUT2D eigenvalue weighted by Gasteiger charge is 2.46. The number of hydrogen-bond acceptors (Lipinski definition) is 23. The number of carbonyl (C=O) groups is 8. The second-order valence-corrected chi connectivity index (χ2v) is 30.7. The van der Waals surface area contributed by atoms with Crippen LogP contribution in [-0.4, -0.2) is 144 Å². The van der Waals surface area contributed by atoms with Gasteiger partial charge in [0.25, 0.3) is 17.7 Å². The molecule has 2 fully saturated rings. The molecule has 2 aromatic carbocycles. The zero-order valence-electron chi connectivity index (χ0n) is 53.9. The Morgan fingerprint density at radius 2 is 1.31 bits per heavy atom. The Bertz CT molecular complexity index is 4480. The van der Waals surface area contributed by atoms with E-state index in [-0.39, 0.29) is 70.5 Å². The average molecular weight is 1450 g/mol. The summed E-state index contributed by atoms with van der Waals surface area (Å²) in [7, 11) is 0. The molecule has 1 aliphatic carbocycles. The van der Waals surface area contributed by atoms with Crippen LogP contribution in [0.5, 0.6) is 0 Å². The van der Waals surface area contributed by atoms with E-state index in [4.69, 9.17) is 40.6 Å². The van der Waals surface area contributed by atoms with Crippen LogP contribution in [0, 0.1) is 25.7 Å². The number of thiazole rings is 6. The first-order valence-electron chi connectivity index (χ1n) is 32.4. The van der Waals surface area contributed by atoms with E-state index in [1.807, 2.05) is 43.5 Å². The number of Topliss-reactive ketones (excluding diaryl/α,β-unsaturated/α-hetero) is 1. The van der Waals surface area contributed by atoms with Crippen LogP contribution in [0.4, 0.5) is 0 Å². The molecule has 0 unspecified atom stereocenters. The molecule has 9 heterocycles. The molecule has 24 nitrogen and oxygen atoms in total. The maximum atomic E-state index is 15.3. The van der Waals surface area contributed by atoms with Crippen molar-refractivity contribution in [1.82, 2.24) is 55.3 Å². The van der Waals surface area contributed by atoms with Gasteiger partial charge in [0.05, 0.1) is 47.3 Å². The Morgan fingerprint density at radius 1 is 0.667 bits per heavy atom. The number of aliphatic carboxylic acids is 2. The normalized spacial score (nSPS) is 20.9. The summed E-state index contributed by atoms with van der Waals surface area (Å²) in [6, 6.07) is 16.6. The number of rotatable bonds is 17. The Hall–Kier alpha value is -8.75. The molecule has 7 aromatic heterocycles. The highest BCUT2D eigenvalue weighted by atomic mass is 32.1. The predicted molar refractivity (Wildman–Crippen MR) is 376 cm³/mol. The number of carbonyl (C=O) groups excluding carboxylic acids is 6. The number of nitrogens with zero attached hydrogens (tertiary/aromatic N) is 9. The minimum Gasteiger partial charge on any atom is -0.481 e. The van der Waals surface area contributed by atoms with E-state index in [1.165, 1.54) is 39.4 Å². The van der Waals surface area contributed by atoms with Crippen molar-refractivity contribution in [3.05, 3.63) is 153 Å². The Morgan fingerprint density at radius 3 is 2.05 bits per heavy atom. The maximum absolute atomic E-state index is 15.3. The first-order valence-corrected chi connectivity index (χ1v) is 37.6. The molecular weight excluding hydrogens is 1380 g/mol. The second kappa shape index (κ2) is 30.8. The molecule has 7 atom stereocenters. The quantitative estimate of drug-likeness (QED) is 0.0416. The van der Waals surface area contributed by atoms with Gasteiger partial charge in [-0.2, -0.15) is 0 Å². The molecule has 514 valence electrons. The Labute approximate surface area is 592 Å². The van der Waals surface area contributed by atoms with Crippen molar-refractivity contribution in [1.29, 1.82) is 0 Å². The molecule has 10 bridgehead atoms. The summed E-state index contributed by atoms with van der Waals surface area (Å²) in [6.07, 6.45) is 1.47. The van der Waals surface area contributed by atoms with Gasteiger partial charge in [-0.05, 0) is 75.6 Å². The number of ketones is 1. The molecular formula is C69H70N12O12S6. The Kier molecular flexibility index (Phi) is 21.8. The number of aliphatic hydroxyl groups excluding tert-OH is 2. The fourth-order valence-electron chi connectivity index (χ4n) is 12.8. The fraction of sp³-hybridized carbons (Fsp3) is 0.377. The van der Waals surface area contributed by atoms with Gasteiger partial charge in [-0.25, -0.2) is 34.9 Å². The van der Waals surface area contributed by atoms with Crippen LogP contribution >= 0.6 is 68.0 Å². The number of primary amides is 1. The van der Waals surface area contributed by atoms with Crippen molar-refractivity contribution >= 4 is 115 Å². The molecule has 8 N–H and O–H groups in total. The van der Waals surface area contributed by atoms with Crippen LogP contribution in [0.2, 0.25) is 0 Å². The standard InChI is InChI=1S/C69H70N12O12S6/c1-34-14-16-37(17-15-34)25-45-67(90)81-28-52(83)35(2)57(81)66-77-49(32-98-66)64-74-46(29-96-64)56-41(22-23-43(71-56)63-78-50(33-97-63)68(91)80(24-10-5-4-9-13-54(85)86)40-20-18-39(19-21-40)69(92)93)61-75-47(30-94-61)59(88)72-44(27-53(70)84)65-79-55(36(3)99-65)51(82)26-42(58(87)38-11-7-6-8-12-38)62-76-48(31-95-62)60(89)73-45/h6-8,11-12,14-17,22-23,29-33,35,39-40,42,44-45,52,57-58,83,87H,4-5,9-10,13,18-21,24-28H2,1-3H3,(H2,70,84)(H,72,88)(H,73,89)(H,85,86)(H,92,93)/t35-,39?,40?,42-,44-,45-,52-,57-,58+/m0/s1.